The Bertz CT molecular complexity index is 1010. The zero-order valence-corrected chi connectivity index (χ0v) is 19.6. The van der Waals surface area contributed by atoms with Gasteiger partial charge in [0.2, 0.25) is 5.91 Å². The lowest BCUT2D eigenvalue weighted by molar-refractivity contribution is -0.130. The van der Waals surface area contributed by atoms with Gasteiger partial charge in [-0.15, -0.1) is 10.2 Å². The van der Waals surface area contributed by atoms with E-state index >= 15 is 0 Å². The molecule has 3 heterocycles. The van der Waals surface area contributed by atoms with Gasteiger partial charge in [0, 0.05) is 37.9 Å². The minimum absolute atomic E-state index is 0.0772. The summed E-state index contributed by atoms with van der Waals surface area (Å²) in [5.74, 6) is 1.40. The topological polar surface area (TPSA) is 88.4 Å². The van der Waals surface area contributed by atoms with Crippen molar-refractivity contribution in [3.05, 3.63) is 36.2 Å². The van der Waals surface area contributed by atoms with Gasteiger partial charge in [-0.1, -0.05) is 37.7 Å². The smallest absolute Gasteiger partial charge is 0.233 e. The summed E-state index contributed by atoms with van der Waals surface area (Å²) in [7, 11) is -2.88. The molecule has 0 aliphatic carbocycles. The molecular formula is C21H29N5O3S2. The first kappa shape index (κ1) is 22.3. The Balaban J connectivity index is 1.30. The molecule has 0 bridgehead atoms. The van der Waals surface area contributed by atoms with E-state index in [4.69, 9.17) is 0 Å². The van der Waals surface area contributed by atoms with Crippen LogP contribution < -0.4 is 0 Å². The van der Waals surface area contributed by atoms with Crippen LogP contribution in [0.4, 0.5) is 0 Å². The maximum absolute atomic E-state index is 12.7. The molecule has 8 nitrogen and oxygen atoms in total. The Morgan fingerprint density at radius 1 is 1.16 bits per heavy atom. The number of piperazine rings is 1. The first-order valence-corrected chi connectivity index (χ1v) is 13.5. The molecule has 1 atom stereocenters. The van der Waals surface area contributed by atoms with E-state index in [1.54, 1.807) is 6.33 Å². The number of hydrogen-bond acceptors (Lipinski definition) is 7. The molecule has 0 saturated carbocycles. The lowest BCUT2D eigenvalue weighted by atomic mass is 10.0. The first-order chi connectivity index (χ1) is 14.8. The van der Waals surface area contributed by atoms with Crippen molar-refractivity contribution >= 4 is 27.5 Å². The Hall–Kier alpha value is -1.91. The first-order valence-electron chi connectivity index (χ1n) is 10.7. The van der Waals surface area contributed by atoms with E-state index in [0.717, 1.165) is 18.8 Å². The van der Waals surface area contributed by atoms with E-state index in [1.807, 2.05) is 21.6 Å². The van der Waals surface area contributed by atoms with Crippen LogP contribution in [0.5, 0.6) is 0 Å². The molecule has 1 amide bonds. The maximum Gasteiger partial charge on any atom is 0.233 e. The minimum Gasteiger partial charge on any atom is -0.339 e. The van der Waals surface area contributed by atoms with Crippen LogP contribution in [-0.4, -0.2) is 88.4 Å². The Morgan fingerprint density at radius 3 is 2.48 bits per heavy atom. The zero-order valence-electron chi connectivity index (χ0n) is 18.0. The van der Waals surface area contributed by atoms with Gasteiger partial charge in [-0.25, -0.2) is 8.42 Å². The van der Waals surface area contributed by atoms with E-state index in [0.29, 0.717) is 36.3 Å². The second-order valence-electron chi connectivity index (χ2n) is 8.49. The van der Waals surface area contributed by atoms with Crippen LogP contribution >= 0.6 is 11.8 Å². The number of amides is 1. The average molecular weight is 464 g/mol. The van der Waals surface area contributed by atoms with E-state index in [2.05, 4.69) is 41.1 Å². The fourth-order valence-corrected chi connectivity index (χ4v) is 6.73. The molecule has 2 saturated heterocycles. The Morgan fingerprint density at radius 2 is 1.87 bits per heavy atom. The number of sulfone groups is 1. The molecule has 0 radical (unpaired) electrons. The average Bonchev–Trinajstić information content (AvgIpc) is 3.38. The number of carbonyl (C=O) groups is 1. The zero-order chi connectivity index (χ0) is 22.0. The molecule has 1 aromatic heterocycles. The van der Waals surface area contributed by atoms with E-state index < -0.39 is 9.84 Å². The number of hydrogen-bond donors (Lipinski definition) is 0. The molecule has 31 heavy (non-hydrogen) atoms. The molecule has 1 unspecified atom stereocenters. The van der Waals surface area contributed by atoms with Crippen molar-refractivity contribution in [2.45, 2.75) is 37.4 Å². The summed E-state index contributed by atoms with van der Waals surface area (Å²) < 4.78 is 25.3. The third kappa shape index (κ3) is 5.30. The van der Waals surface area contributed by atoms with Crippen molar-refractivity contribution in [3.8, 4) is 5.69 Å². The van der Waals surface area contributed by atoms with Gasteiger partial charge in [0.1, 0.15) is 6.33 Å². The second kappa shape index (κ2) is 9.30. The number of aromatic nitrogens is 3. The summed E-state index contributed by atoms with van der Waals surface area (Å²) in [6.45, 7) is 7.06. The summed E-state index contributed by atoms with van der Waals surface area (Å²) in [6, 6.07) is 8.42. The highest BCUT2D eigenvalue weighted by atomic mass is 32.2. The lowest BCUT2D eigenvalue weighted by Crippen LogP contribution is -2.52. The Labute approximate surface area is 187 Å². The van der Waals surface area contributed by atoms with Crippen LogP contribution in [0.25, 0.3) is 5.69 Å². The van der Waals surface area contributed by atoms with Crippen LogP contribution in [0.3, 0.4) is 0 Å². The minimum atomic E-state index is -2.88. The van der Waals surface area contributed by atoms with Crippen LogP contribution in [-0.2, 0) is 14.6 Å². The third-order valence-electron chi connectivity index (χ3n) is 6.07. The van der Waals surface area contributed by atoms with Crippen molar-refractivity contribution in [2.75, 3.05) is 43.4 Å². The Kier molecular flexibility index (Phi) is 6.68. The summed E-state index contributed by atoms with van der Waals surface area (Å²) in [5.41, 5.74) is 2.25. The second-order valence-corrected chi connectivity index (χ2v) is 11.7. The molecule has 10 heteroatoms. The summed E-state index contributed by atoms with van der Waals surface area (Å²) >= 11 is 1.39. The van der Waals surface area contributed by atoms with Gasteiger partial charge < -0.3 is 4.90 Å². The van der Waals surface area contributed by atoms with E-state index in [-0.39, 0.29) is 23.5 Å². The summed E-state index contributed by atoms with van der Waals surface area (Å²) in [6.07, 6.45) is 2.38. The monoisotopic (exact) mass is 463 g/mol. The van der Waals surface area contributed by atoms with Crippen molar-refractivity contribution in [2.24, 2.45) is 0 Å². The predicted octanol–water partition coefficient (Wildman–Crippen LogP) is 1.81. The van der Waals surface area contributed by atoms with Crippen LogP contribution in [0, 0.1) is 0 Å². The van der Waals surface area contributed by atoms with Crippen molar-refractivity contribution < 1.29 is 13.2 Å². The van der Waals surface area contributed by atoms with Gasteiger partial charge in [0.25, 0.3) is 0 Å². The fraction of sp³-hybridized carbons (Fsp3) is 0.571. The predicted molar refractivity (Wildman–Crippen MR) is 121 cm³/mol. The van der Waals surface area contributed by atoms with Gasteiger partial charge in [-0.3, -0.25) is 14.3 Å². The lowest BCUT2D eigenvalue weighted by Gasteiger charge is -2.37. The molecule has 168 valence electrons. The molecule has 1 aromatic carbocycles. The number of rotatable bonds is 6. The van der Waals surface area contributed by atoms with Gasteiger partial charge in [-0.05, 0) is 30.0 Å². The molecule has 2 fully saturated rings. The van der Waals surface area contributed by atoms with E-state index in [1.165, 1.54) is 17.3 Å². The van der Waals surface area contributed by atoms with Gasteiger partial charge in [0.15, 0.2) is 15.0 Å². The number of thioether (sulfide) groups is 1. The van der Waals surface area contributed by atoms with Crippen molar-refractivity contribution in [1.82, 2.24) is 24.6 Å². The van der Waals surface area contributed by atoms with Crippen LogP contribution in [0.1, 0.15) is 31.7 Å². The van der Waals surface area contributed by atoms with E-state index in [9.17, 15) is 13.2 Å². The molecule has 2 aliphatic rings. The van der Waals surface area contributed by atoms with Crippen LogP contribution in [0.15, 0.2) is 35.7 Å². The SMILES string of the molecule is CC(C)c1ccc(-n2cnnc2SCC(=O)N2CCN(C3CCS(=O)(=O)C3)CC2)cc1. The molecule has 0 spiro atoms. The normalized spacial score (nSPS) is 21.6. The molecular weight excluding hydrogens is 434 g/mol. The molecule has 2 aliphatic heterocycles. The summed E-state index contributed by atoms with van der Waals surface area (Å²) in [4.78, 5) is 16.8. The van der Waals surface area contributed by atoms with Gasteiger partial charge >= 0.3 is 0 Å². The quantitative estimate of drug-likeness (QED) is 0.604. The highest BCUT2D eigenvalue weighted by Gasteiger charge is 2.34. The highest BCUT2D eigenvalue weighted by molar-refractivity contribution is 7.99. The van der Waals surface area contributed by atoms with Crippen molar-refractivity contribution in [1.29, 1.82) is 0 Å². The molecule has 2 aromatic rings. The van der Waals surface area contributed by atoms with Crippen molar-refractivity contribution in [3.63, 3.8) is 0 Å². The van der Waals surface area contributed by atoms with Gasteiger partial charge in [-0.2, -0.15) is 0 Å². The number of benzene rings is 1. The third-order valence-corrected chi connectivity index (χ3v) is 8.75. The fourth-order valence-electron chi connectivity index (χ4n) is 4.14. The maximum atomic E-state index is 12.7. The summed E-state index contributed by atoms with van der Waals surface area (Å²) in [5, 5.41) is 8.90. The largest absolute Gasteiger partial charge is 0.339 e. The molecule has 4 rings (SSSR count). The highest BCUT2D eigenvalue weighted by Crippen LogP contribution is 2.23. The number of carbonyl (C=O) groups excluding carboxylic acids is 1. The number of nitrogens with zero attached hydrogens (tertiary/aromatic N) is 5. The van der Waals surface area contributed by atoms with Crippen LogP contribution in [0.2, 0.25) is 0 Å². The van der Waals surface area contributed by atoms with Gasteiger partial charge in [0.05, 0.1) is 17.3 Å². The standard InChI is InChI=1S/C21H29N5O3S2/c1-16(2)17-3-5-18(6-4-17)26-15-22-23-21(26)30-13-20(27)25-10-8-24(9-11-25)19-7-12-31(28,29)14-19/h3-6,15-16,19H,7-14H2,1-2H3. The molecule has 0 N–H and O–H groups in total.